The molecule has 178 valence electrons. The number of alkyl halides is 3. The number of nitriles is 1. The first-order chi connectivity index (χ1) is 16.5. The quantitative estimate of drug-likeness (QED) is 0.413. The third-order valence-electron chi connectivity index (χ3n) is 5.78. The lowest BCUT2D eigenvalue weighted by Gasteiger charge is -2.31. The van der Waals surface area contributed by atoms with Crippen molar-refractivity contribution in [1.82, 2.24) is 5.32 Å². The Morgan fingerprint density at radius 2 is 1.49 bits per heavy atom. The van der Waals surface area contributed by atoms with Crippen LogP contribution in [-0.4, -0.2) is 5.91 Å². The molecule has 0 aromatic heterocycles. The first-order valence-corrected chi connectivity index (χ1v) is 11.0. The average molecular weight is 476 g/mol. The van der Waals surface area contributed by atoms with Crippen molar-refractivity contribution in [2.75, 3.05) is 0 Å². The molecular formula is C28H23F3N2O2. The lowest BCUT2D eigenvalue weighted by atomic mass is 9.84. The van der Waals surface area contributed by atoms with Crippen LogP contribution in [0, 0.1) is 16.7 Å². The van der Waals surface area contributed by atoms with E-state index in [1.54, 1.807) is 57.2 Å². The number of halogens is 3. The summed E-state index contributed by atoms with van der Waals surface area (Å²) in [6.45, 7) is 5.37. The molecule has 35 heavy (non-hydrogen) atoms. The van der Waals surface area contributed by atoms with Crippen LogP contribution in [0.25, 0.3) is 5.57 Å². The number of hydrogen-bond acceptors (Lipinski definition) is 3. The van der Waals surface area contributed by atoms with Crippen LogP contribution in [0.5, 0.6) is 11.5 Å². The van der Waals surface area contributed by atoms with Crippen LogP contribution in [0.1, 0.15) is 48.9 Å². The standard InChI is InChI=1S/C28H23F3N2O2/c1-27(2,3)25(21(16-32)17-9-8-10-18(15-17)28(29,30)31)33-26(34)24-19-11-4-6-13-22(19)35-23-14-7-5-12-20(23)24/h4-15,24H,1-3H3,(H,33,34). The number of hydrogen-bond donors (Lipinski definition) is 1. The number of nitrogens with one attached hydrogen (secondary N) is 1. The maximum absolute atomic E-state index is 13.8. The zero-order valence-corrected chi connectivity index (χ0v) is 19.4. The normalized spacial score (nSPS) is 14.1. The van der Waals surface area contributed by atoms with E-state index in [9.17, 15) is 23.2 Å². The van der Waals surface area contributed by atoms with Crippen molar-refractivity contribution in [2.45, 2.75) is 32.9 Å². The van der Waals surface area contributed by atoms with Gasteiger partial charge in [0.15, 0.2) is 0 Å². The van der Waals surface area contributed by atoms with Gasteiger partial charge in [0.1, 0.15) is 17.6 Å². The molecule has 0 fully saturated rings. The van der Waals surface area contributed by atoms with Gasteiger partial charge in [-0.25, -0.2) is 0 Å². The molecule has 1 aliphatic heterocycles. The molecule has 1 heterocycles. The Balaban J connectivity index is 1.82. The summed E-state index contributed by atoms with van der Waals surface area (Å²) in [6, 6.07) is 21.0. The molecule has 0 spiro atoms. The smallest absolute Gasteiger partial charge is 0.416 e. The van der Waals surface area contributed by atoms with E-state index in [-0.39, 0.29) is 16.8 Å². The number of nitrogens with zero attached hydrogens (tertiary/aromatic N) is 1. The first kappa shape index (κ1) is 24.1. The van der Waals surface area contributed by atoms with Gasteiger partial charge in [0.25, 0.3) is 0 Å². The van der Waals surface area contributed by atoms with Gasteiger partial charge in [0.2, 0.25) is 5.91 Å². The van der Waals surface area contributed by atoms with E-state index < -0.39 is 29.0 Å². The highest BCUT2D eigenvalue weighted by Crippen LogP contribution is 2.44. The molecule has 0 saturated heterocycles. The molecule has 3 aromatic carbocycles. The summed E-state index contributed by atoms with van der Waals surface area (Å²) < 4.78 is 45.9. The molecule has 0 saturated carbocycles. The molecule has 1 N–H and O–H groups in total. The molecule has 1 aliphatic rings. The number of amides is 1. The number of para-hydroxylation sites is 2. The Bertz CT molecular complexity index is 1320. The number of allylic oxidation sites excluding steroid dienone is 2. The highest BCUT2D eigenvalue weighted by Gasteiger charge is 2.35. The van der Waals surface area contributed by atoms with Crippen molar-refractivity contribution in [3.05, 3.63) is 101 Å². The minimum atomic E-state index is -4.56. The van der Waals surface area contributed by atoms with Crippen molar-refractivity contribution >= 4 is 11.5 Å². The second-order valence-electron chi connectivity index (χ2n) is 9.29. The summed E-state index contributed by atoms with van der Waals surface area (Å²) in [5.41, 5.74) is 0.00878. The Morgan fingerprint density at radius 1 is 0.914 bits per heavy atom. The minimum Gasteiger partial charge on any atom is -0.457 e. The van der Waals surface area contributed by atoms with Crippen LogP contribution in [0.4, 0.5) is 13.2 Å². The van der Waals surface area contributed by atoms with Gasteiger partial charge in [-0.15, -0.1) is 0 Å². The average Bonchev–Trinajstić information content (AvgIpc) is 2.81. The van der Waals surface area contributed by atoms with Crippen LogP contribution >= 0.6 is 0 Å². The van der Waals surface area contributed by atoms with Gasteiger partial charge in [0.05, 0.1) is 17.1 Å². The van der Waals surface area contributed by atoms with Gasteiger partial charge in [-0.3, -0.25) is 4.79 Å². The molecule has 7 heteroatoms. The fourth-order valence-corrected chi connectivity index (χ4v) is 4.13. The third-order valence-corrected chi connectivity index (χ3v) is 5.78. The SMILES string of the molecule is CC(C)(C)C(NC(=O)C1c2ccccc2Oc2ccccc21)=C(C#N)c1cccc(C(F)(F)F)c1. The van der Waals surface area contributed by atoms with Gasteiger partial charge >= 0.3 is 6.18 Å². The monoisotopic (exact) mass is 476 g/mol. The molecule has 4 nitrogen and oxygen atoms in total. The Hall–Kier alpha value is -4.05. The number of carbonyl (C=O) groups excluding carboxylic acids is 1. The fraction of sp³-hybridized carbons (Fsp3) is 0.214. The van der Waals surface area contributed by atoms with E-state index >= 15 is 0 Å². The van der Waals surface area contributed by atoms with Crippen molar-refractivity contribution in [2.24, 2.45) is 5.41 Å². The minimum absolute atomic E-state index is 0.0226. The Labute approximate surface area is 201 Å². The van der Waals surface area contributed by atoms with Crippen molar-refractivity contribution in [3.8, 4) is 17.6 Å². The van der Waals surface area contributed by atoms with Crippen LogP contribution < -0.4 is 10.1 Å². The van der Waals surface area contributed by atoms with Crippen molar-refractivity contribution in [3.63, 3.8) is 0 Å². The zero-order valence-electron chi connectivity index (χ0n) is 19.4. The topological polar surface area (TPSA) is 62.1 Å². The number of ether oxygens (including phenoxy) is 1. The van der Waals surface area contributed by atoms with E-state index in [1.807, 2.05) is 18.2 Å². The molecule has 0 aliphatic carbocycles. The maximum atomic E-state index is 13.8. The number of rotatable bonds is 3. The predicted molar refractivity (Wildman–Crippen MR) is 126 cm³/mol. The van der Waals surface area contributed by atoms with E-state index in [0.29, 0.717) is 22.6 Å². The molecule has 0 radical (unpaired) electrons. The van der Waals surface area contributed by atoms with Gasteiger partial charge in [-0.2, -0.15) is 18.4 Å². The summed E-state index contributed by atoms with van der Waals surface area (Å²) in [5.74, 6) is -0.0372. The van der Waals surface area contributed by atoms with Gasteiger partial charge in [0, 0.05) is 22.2 Å². The Kier molecular flexibility index (Phi) is 6.16. The number of carbonyl (C=O) groups is 1. The van der Waals surface area contributed by atoms with Crippen LogP contribution in [0.15, 0.2) is 78.5 Å². The van der Waals surface area contributed by atoms with E-state index in [4.69, 9.17) is 4.74 Å². The second kappa shape index (κ2) is 8.95. The highest BCUT2D eigenvalue weighted by molar-refractivity contribution is 5.93. The predicted octanol–water partition coefficient (Wildman–Crippen LogP) is 7.04. The summed E-state index contributed by atoms with van der Waals surface area (Å²) >= 11 is 0. The summed E-state index contributed by atoms with van der Waals surface area (Å²) in [6.07, 6.45) is -4.56. The van der Waals surface area contributed by atoms with E-state index in [2.05, 4.69) is 5.32 Å². The van der Waals surface area contributed by atoms with Crippen LogP contribution in [0.3, 0.4) is 0 Å². The first-order valence-electron chi connectivity index (χ1n) is 11.0. The van der Waals surface area contributed by atoms with Gasteiger partial charge in [-0.05, 0) is 29.8 Å². The van der Waals surface area contributed by atoms with Crippen LogP contribution in [-0.2, 0) is 11.0 Å². The maximum Gasteiger partial charge on any atom is 0.416 e. The number of benzene rings is 3. The van der Waals surface area contributed by atoms with Gasteiger partial charge < -0.3 is 10.1 Å². The van der Waals surface area contributed by atoms with Crippen LogP contribution in [0.2, 0.25) is 0 Å². The van der Waals surface area contributed by atoms with E-state index in [1.165, 1.54) is 12.1 Å². The molecule has 0 unspecified atom stereocenters. The molecular weight excluding hydrogens is 453 g/mol. The fourth-order valence-electron chi connectivity index (χ4n) is 4.13. The van der Waals surface area contributed by atoms with Crippen molar-refractivity contribution < 1.29 is 22.7 Å². The molecule has 4 rings (SSSR count). The lowest BCUT2D eigenvalue weighted by molar-refractivity contribution is -0.137. The summed E-state index contributed by atoms with van der Waals surface area (Å²) in [7, 11) is 0. The van der Waals surface area contributed by atoms with Crippen molar-refractivity contribution in [1.29, 1.82) is 5.26 Å². The molecule has 1 amide bonds. The third kappa shape index (κ3) is 4.78. The largest absolute Gasteiger partial charge is 0.457 e. The highest BCUT2D eigenvalue weighted by atomic mass is 19.4. The summed E-state index contributed by atoms with van der Waals surface area (Å²) in [4.78, 5) is 13.8. The zero-order chi connectivity index (χ0) is 25.4. The Morgan fingerprint density at radius 3 is 2.00 bits per heavy atom. The van der Waals surface area contributed by atoms with Gasteiger partial charge in [-0.1, -0.05) is 69.3 Å². The lowest BCUT2D eigenvalue weighted by Crippen LogP contribution is -2.36. The summed E-state index contributed by atoms with van der Waals surface area (Å²) in [5, 5.41) is 12.9. The molecule has 3 aromatic rings. The second-order valence-corrected chi connectivity index (χ2v) is 9.29. The van der Waals surface area contributed by atoms with E-state index in [0.717, 1.165) is 12.1 Å². The molecule has 0 bridgehead atoms. The number of fused-ring (bicyclic) bond motifs is 2. The molecule has 0 atom stereocenters.